The fourth-order valence-electron chi connectivity index (χ4n) is 2.95. The van der Waals surface area contributed by atoms with Crippen molar-refractivity contribution in [3.05, 3.63) is 83.4 Å². The molecule has 0 atom stereocenters. The highest BCUT2D eigenvalue weighted by Crippen LogP contribution is 2.38. The van der Waals surface area contributed by atoms with Crippen molar-refractivity contribution in [3.63, 3.8) is 0 Å². The van der Waals surface area contributed by atoms with E-state index in [1.54, 1.807) is 37.4 Å². The van der Waals surface area contributed by atoms with Crippen molar-refractivity contribution >= 4 is 40.4 Å². The van der Waals surface area contributed by atoms with Gasteiger partial charge in [0.25, 0.3) is 5.91 Å². The molecule has 0 radical (unpaired) electrons. The predicted molar refractivity (Wildman–Crippen MR) is 120 cm³/mol. The quantitative estimate of drug-likeness (QED) is 0.552. The van der Waals surface area contributed by atoms with E-state index in [-0.39, 0.29) is 5.91 Å². The number of methoxy groups -OCH3 is 2. The summed E-state index contributed by atoms with van der Waals surface area (Å²) < 4.78 is 10.7. The monoisotopic (exact) mass is 417 g/mol. The van der Waals surface area contributed by atoms with Gasteiger partial charge in [-0.3, -0.25) is 9.69 Å². The predicted octanol–water partition coefficient (Wildman–Crippen LogP) is 4.91. The standard InChI is InChI=1S/C23H19N3O3S/c1-28-18-12-11-16(19(15-18)29-2)14-20-22(27)26(17-8-4-3-5-9-17)23(30-20)25-21-10-6-7-13-24-21/h3-15H,1-2H3/b20-14-,25-23+. The number of carbonyl (C=O) groups excluding carboxylic acids is 1. The lowest BCUT2D eigenvalue weighted by atomic mass is 10.1. The van der Waals surface area contributed by atoms with Gasteiger partial charge in [-0.25, -0.2) is 9.98 Å². The van der Waals surface area contributed by atoms with Gasteiger partial charge in [-0.15, -0.1) is 0 Å². The number of amides is 1. The van der Waals surface area contributed by atoms with E-state index in [2.05, 4.69) is 9.98 Å². The molecule has 0 aliphatic carbocycles. The van der Waals surface area contributed by atoms with Crippen LogP contribution in [0.2, 0.25) is 0 Å². The van der Waals surface area contributed by atoms with Crippen molar-refractivity contribution < 1.29 is 14.3 Å². The Balaban J connectivity index is 1.77. The number of rotatable bonds is 5. The zero-order chi connectivity index (χ0) is 20.9. The number of amidine groups is 1. The molecule has 150 valence electrons. The summed E-state index contributed by atoms with van der Waals surface area (Å²) in [7, 11) is 3.19. The Morgan fingerprint density at radius 1 is 1.00 bits per heavy atom. The second-order valence-electron chi connectivity index (χ2n) is 6.28. The fourth-order valence-corrected chi connectivity index (χ4v) is 3.93. The van der Waals surface area contributed by atoms with E-state index in [9.17, 15) is 4.79 Å². The summed E-state index contributed by atoms with van der Waals surface area (Å²) in [5.74, 6) is 1.69. The van der Waals surface area contributed by atoms with Crippen LogP contribution in [-0.4, -0.2) is 30.3 Å². The molecule has 1 aliphatic rings. The van der Waals surface area contributed by atoms with E-state index in [0.29, 0.717) is 27.4 Å². The van der Waals surface area contributed by atoms with Crippen LogP contribution in [0, 0.1) is 0 Å². The molecule has 30 heavy (non-hydrogen) atoms. The van der Waals surface area contributed by atoms with E-state index >= 15 is 0 Å². The molecule has 0 bridgehead atoms. The molecule has 1 aromatic heterocycles. The number of aromatic nitrogens is 1. The number of carbonyl (C=O) groups is 1. The van der Waals surface area contributed by atoms with Gasteiger partial charge in [0, 0.05) is 17.8 Å². The topological polar surface area (TPSA) is 64.0 Å². The van der Waals surface area contributed by atoms with E-state index in [1.165, 1.54) is 11.8 Å². The van der Waals surface area contributed by atoms with Gasteiger partial charge in [0.05, 0.1) is 24.8 Å². The number of ether oxygens (including phenoxy) is 2. The van der Waals surface area contributed by atoms with Gasteiger partial charge in [-0.2, -0.15) is 0 Å². The number of benzene rings is 2. The molecule has 7 heteroatoms. The number of thioether (sulfide) groups is 1. The molecule has 1 aliphatic heterocycles. The molecule has 1 saturated heterocycles. The van der Waals surface area contributed by atoms with Gasteiger partial charge >= 0.3 is 0 Å². The number of hydrogen-bond donors (Lipinski definition) is 0. The normalized spacial score (nSPS) is 16.3. The van der Waals surface area contributed by atoms with Gasteiger partial charge in [0.1, 0.15) is 11.5 Å². The molecule has 0 saturated carbocycles. The number of aliphatic imine (C=N–C) groups is 1. The maximum absolute atomic E-state index is 13.3. The summed E-state index contributed by atoms with van der Waals surface area (Å²) in [6, 6.07) is 20.4. The van der Waals surface area contributed by atoms with Gasteiger partial charge in [0.15, 0.2) is 11.0 Å². The summed E-state index contributed by atoms with van der Waals surface area (Å²) in [5.41, 5.74) is 1.52. The van der Waals surface area contributed by atoms with Crippen molar-refractivity contribution in [2.24, 2.45) is 4.99 Å². The lowest BCUT2D eigenvalue weighted by molar-refractivity contribution is -0.113. The van der Waals surface area contributed by atoms with Crippen molar-refractivity contribution in [3.8, 4) is 11.5 Å². The van der Waals surface area contributed by atoms with Crippen molar-refractivity contribution in [1.82, 2.24) is 4.98 Å². The number of para-hydroxylation sites is 1. The molecular weight excluding hydrogens is 398 g/mol. The van der Waals surface area contributed by atoms with Crippen LogP contribution in [0.3, 0.4) is 0 Å². The first kappa shape index (κ1) is 19.7. The van der Waals surface area contributed by atoms with E-state index in [4.69, 9.17) is 9.47 Å². The number of pyridine rings is 1. The summed E-state index contributed by atoms with van der Waals surface area (Å²) in [5, 5.41) is 0.545. The average molecular weight is 417 g/mol. The van der Waals surface area contributed by atoms with Crippen molar-refractivity contribution in [2.75, 3.05) is 19.1 Å². The summed E-state index contributed by atoms with van der Waals surface area (Å²) in [4.78, 5) is 24.3. The molecule has 6 nitrogen and oxygen atoms in total. The van der Waals surface area contributed by atoms with Crippen LogP contribution in [-0.2, 0) is 4.79 Å². The minimum Gasteiger partial charge on any atom is -0.497 e. The fraction of sp³-hybridized carbons (Fsp3) is 0.0870. The number of nitrogens with zero attached hydrogens (tertiary/aromatic N) is 3. The molecule has 0 spiro atoms. The van der Waals surface area contributed by atoms with Gasteiger partial charge in [0.2, 0.25) is 0 Å². The number of anilines is 1. The Morgan fingerprint density at radius 3 is 2.50 bits per heavy atom. The Hall–Kier alpha value is -3.58. The molecule has 2 heterocycles. The van der Waals surface area contributed by atoms with Crippen LogP contribution < -0.4 is 14.4 Å². The highest BCUT2D eigenvalue weighted by molar-refractivity contribution is 8.19. The molecule has 0 N–H and O–H groups in total. The Kier molecular flexibility index (Phi) is 5.81. The first-order chi connectivity index (χ1) is 14.7. The minimum absolute atomic E-state index is 0.154. The van der Waals surface area contributed by atoms with Crippen LogP contribution in [0.1, 0.15) is 5.56 Å². The second-order valence-corrected chi connectivity index (χ2v) is 7.29. The smallest absolute Gasteiger partial charge is 0.271 e. The van der Waals surface area contributed by atoms with E-state index in [0.717, 1.165) is 11.3 Å². The summed E-state index contributed by atoms with van der Waals surface area (Å²) >= 11 is 1.30. The SMILES string of the molecule is COc1ccc(/C=C2\S/C(=N/c3ccccn3)N(c3ccccc3)C2=O)c(OC)c1. The van der Waals surface area contributed by atoms with Crippen LogP contribution in [0.15, 0.2) is 82.8 Å². The van der Waals surface area contributed by atoms with E-state index in [1.807, 2.05) is 60.7 Å². The minimum atomic E-state index is -0.154. The lowest BCUT2D eigenvalue weighted by Crippen LogP contribution is -2.28. The average Bonchev–Trinajstić information content (AvgIpc) is 3.09. The first-order valence-corrected chi connectivity index (χ1v) is 10.0. The van der Waals surface area contributed by atoms with Crippen LogP contribution in [0.4, 0.5) is 11.5 Å². The molecule has 1 amide bonds. The summed E-state index contributed by atoms with van der Waals surface area (Å²) in [6.07, 6.45) is 3.48. The maximum Gasteiger partial charge on any atom is 0.271 e. The van der Waals surface area contributed by atoms with Gasteiger partial charge in [-0.05, 0) is 54.2 Å². The van der Waals surface area contributed by atoms with E-state index < -0.39 is 0 Å². The van der Waals surface area contributed by atoms with Gasteiger partial charge in [-0.1, -0.05) is 24.3 Å². The third-order valence-corrected chi connectivity index (χ3v) is 5.38. The van der Waals surface area contributed by atoms with Gasteiger partial charge < -0.3 is 9.47 Å². The van der Waals surface area contributed by atoms with Crippen molar-refractivity contribution in [2.45, 2.75) is 0 Å². The maximum atomic E-state index is 13.3. The molecule has 2 aromatic carbocycles. The molecule has 1 fully saturated rings. The summed E-state index contributed by atoms with van der Waals surface area (Å²) in [6.45, 7) is 0. The Bertz CT molecular complexity index is 1120. The third-order valence-electron chi connectivity index (χ3n) is 4.41. The Morgan fingerprint density at radius 2 is 1.80 bits per heavy atom. The first-order valence-electron chi connectivity index (χ1n) is 9.20. The molecular formula is C23H19N3O3S. The molecule has 3 aromatic rings. The lowest BCUT2D eigenvalue weighted by Gasteiger charge is -2.15. The number of hydrogen-bond acceptors (Lipinski definition) is 6. The van der Waals surface area contributed by atoms with Crippen LogP contribution in [0.5, 0.6) is 11.5 Å². The zero-order valence-electron chi connectivity index (χ0n) is 16.5. The van der Waals surface area contributed by atoms with Crippen molar-refractivity contribution in [1.29, 1.82) is 0 Å². The Labute approximate surface area is 178 Å². The zero-order valence-corrected chi connectivity index (χ0v) is 17.3. The highest BCUT2D eigenvalue weighted by atomic mass is 32.2. The largest absolute Gasteiger partial charge is 0.497 e. The van der Waals surface area contributed by atoms with Crippen LogP contribution >= 0.6 is 11.8 Å². The van der Waals surface area contributed by atoms with Crippen LogP contribution in [0.25, 0.3) is 6.08 Å². The third kappa shape index (κ3) is 4.06. The molecule has 0 unspecified atom stereocenters. The molecule has 4 rings (SSSR count). The second kappa shape index (κ2) is 8.84. The highest BCUT2D eigenvalue weighted by Gasteiger charge is 2.35.